The van der Waals surface area contributed by atoms with Gasteiger partial charge in [-0.05, 0) is 46.8 Å². The van der Waals surface area contributed by atoms with Gasteiger partial charge < -0.3 is 14.6 Å². The number of aryl methyl sites for hydroxylation is 1. The van der Waals surface area contributed by atoms with Crippen LogP contribution in [0.2, 0.25) is 0 Å². The van der Waals surface area contributed by atoms with Crippen molar-refractivity contribution in [1.82, 2.24) is 24.3 Å². The Balaban J connectivity index is 1.47. The van der Waals surface area contributed by atoms with Crippen LogP contribution >= 0.6 is 0 Å². The maximum atomic E-state index is 14.5. The molecule has 3 aromatic heterocycles. The lowest BCUT2D eigenvalue weighted by molar-refractivity contribution is 0.0954. The first kappa shape index (κ1) is 23.2. The number of benzene rings is 1. The number of nitrogens with one attached hydrogen (secondary N) is 1. The second-order valence-corrected chi connectivity index (χ2v) is 9.67. The summed E-state index contributed by atoms with van der Waals surface area (Å²) in [5.41, 5.74) is 3.82. The zero-order valence-corrected chi connectivity index (χ0v) is 20.7. The molecule has 1 aromatic carbocycles. The number of piperazine rings is 1. The van der Waals surface area contributed by atoms with Crippen LogP contribution in [0.1, 0.15) is 43.7 Å². The summed E-state index contributed by atoms with van der Waals surface area (Å²) in [6, 6.07) is 6.23. The van der Waals surface area contributed by atoms with Crippen LogP contribution in [0, 0.1) is 12.7 Å². The Morgan fingerprint density at radius 3 is 2.46 bits per heavy atom. The summed E-state index contributed by atoms with van der Waals surface area (Å²) < 4.78 is 16.1. The minimum absolute atomic E-state index is 0.224. The number of anilines is 2. The number of fused-ring (bicyclic) bond motifs is 2. The SMILES string of the molecule is Cc1cn2cc(NC(=O)c3ccc(N4C[C@H](C)N(C(C)C)[C@@H](C)C4)c4nccnc34)cc(F)c2n1. The van der Waals surface area contributed by atoms with E-state index in [1.807, 2.05) is 6.07 Å². The first-order chi connectivity index (χ1) is 16.7. The molecule has 0 radical (unpaired) electrons. The van der Waals surface area contributed by atoms with E-state index in [-0.39, 0.29) is 11.6 Å². The van der Waals surface area contributed by atoms with Crippen molar-refractivity contribution in [3.63, 3.8) is 0 Å². The third kappa shape index (κ3) is 4.20. The van der Waals surface area contributed by atoms with E-state index in [2.05, 4.69) is 57.8 Å². The monoisotopic (exact) mass is 475 g/mol. The highest BCUT2D eigenvalue weighted by Crippen LogP contribution is 2.31. The molecule has 1 aliphatic heterocycles. The summed E-state index contributed by atoms with van der Waals surface area (Å²) in [7, 11) is 0. The quantitative estimate of drug-likeness (QED) is 0.475. The molecule has 4 aromatic rings. The van der Waals surface area contributed by atoms with Crippen molar-refractivity contribution in [3.8, 4) is 0 Å². The molecular formula is C26H30FN7O. The lowest BCUT2D eigenvalue weighted by Crippen LogP contribution is -2.59. The number of imidazole rings is 1. The molecule has 1 fully saturated rings. The molecule has 4 heterocycles. The average Bonchev–Trinajstić information content (AvgIpc) is 3.18. The van der Waals surface area contributed by atoms with Crippen LogP contribution in [0.5, 0.6) is 0 Å². The maximum absolute atomic E-state index is 14.5. The van der Waals surface area contributed by atoms with Crippen molar-refractivity contribution >= 4 is 34.0 Å². The molecule has 0 bridgehead atoms. The minimum Gasteiger partial charge on any atom is -0.367 e. The molecular weight excluding hydrogens is 445 g/mol. The van der Waals surface area contributed by atoms with Gasteiger partial charge >= 0.3 is 0 Å². The fraction of sp³-hybridized carbons (Fsp3) is 0.385. The summed E-state index contributed by atoms with van der Waals surface area (Å²) in [5, 5.41) is 2.81. The highest BCUT2D eigenvalue weighted by atomic mass is 19.1. The van der Waals surface area contributed by atoms with E-state index < -0.39 is 5.82 Å². The van der Waals surface area contributed by atoms with Gasteiger partial charge in [-0.25, -0.2) is 9.37 Å². The molecule has 35 heavy (non-hydrogen) atoms. The van der Waals surface area contributed by atoms with Gasteiger partial charge in [-0.1, -0.05) is 0 Å². The van der Waals surface area contributed by atoms with Gasteiger partial charge in [-0.3, -0.25) is 19.7 Å². The first-order valence-electron chi connectivity index (χ1n) is 11.9. The molecule has 1 saturated heterocycles. The van der Waals surface area contributed by atoms with Crippen LogP contribution in [0.3, 0.4) is 0 Å². The van der Waals surface area contributed by atoms with Crippen molar-refractivity contribution < 1.29 is 9.18 Å². The molecule has 2 atom stereocenters. The van der Waals surface area contributed by atoms with Gasteiger partial charge in [0, 0.05) is 62.1 Å². The summed E-state index contributed by atoms with van der Waals surface area (Å²) >= 11 is 0. The molecule has 0 unspecified atom stereocenters. The molecule has 8 nitrogen and oxygen atoms in total. The summed E-state index contributed by atoms with van der Waals surface area (Å²) in [6.07, 6.45) is 6.60. The average molecular weight is 476 g/mol. The number of amides is 1. The lowest BCUT2D eigenvalue weighted by atomic mass is 10.0. The third-order valence-electron chi connectivity index (χ3n) is 6.66. The molecule has 1 N–H and O–H groups in total. The van der Waals surface area contributed by atoms with Gasteiger partial charge in [0.05, 0.1) is 22.6 Å². The zero-order chi connectivity index (χ0) is 24.9. The van der Waals surface area contributed by atoms with E-state index in [0.29, 0.717) is 46.1 Å². The van der Waals surface area contributed by atoms with Crippen LogP contribution < -0.4 is 10.2 Å². The molecule has 0 aliphatic carbocycles. The number of carbonyl (C=O) groups is 1. The number of hydrogen-bond acceptors (Lipinski definition) is 6. The van der Waals surface area contributed by atoms with Crippen LogP contribution in [0.25, 0.3) is 16.7 Å². The van der Waals surface area contributed by atoms with Crippen LogP contribution in [0.15, 0.2) is 43.0 Å². The van der Waals surface area contributed by atoms with Gasteiger partial charge in [0.1, 0.15) is 11.0 Å². The topological polar surface area (TPSA) is 78.7 Å². The molecule has 1 aliphatic rings. The Labute approximate surface area is 203 Å². The van der Waals surface area contributed by atoms with Gasteiger partial charge in [0.2, 0.25) is 0 Å². The Kier molecular flexibility index (Phi) is 5.88. The van der Waals surface area contributed by atoms with E-state index in [9.17, 15) is 9.18 Å². The van der Waals surface area contributed by atoms with Crippen LogP contribution in [-0.2, 0) is 0 Å². The number of nitrogens with zero attached hydrogens (tertiary/aromatic N) is 6. The highest BCUT2D eigenvalue weighted by Gasteiger charge is 2.32. The first-order valence-corrected chi connectivity index (χ1v) is 11.9. The van der Waals surface area contributed by atoms with E-state index >= 15 is 0 Å². The fourth-order valence-electron chi connectivity index (χ4n) is 5.48. The standard InChI is InChI=1S/C26H30FN7O/c1-15(2)34-17(4)12-32(13-18(34)5)22-7-6-20(23-24(22)29-9-8-28-23)26(35)31-19-10-21(27)25-30-16(3)11-33(25)14-19/h6-11,14-15,17-18H,12-13H2,1-5H3,(H,31,35)/t17-,18-/m0/s1. The predicted octanol–water partition coefficient (Wildman–Crippen LogP) is 4.28. The molecule has 0 spiro atoms. The maximum Gasteiger partial charge on any atom is 0.257 e. The van der Waals surface area contributed by atoms with E-state index in [4.69, 9.17) is 0 Å². The van der Waals surface area contributed by atoms with E-state index in [0.717, 1.165) is 18.8 Å². The van der Waals surface area contributed by atoms with Gasteiger partial charge in [0.15, 0.2) is 11.5 Å². The Morgan fingerprint density at radius 2 is 1.77 bits per heavy atom. The van der Waals surface area contributed by atoms with Crippen LogP contribution in [0.4, 0.5) is 15.8 Å². The molecule has 0 saturated carbocycles. The number of halogens is 1. The minimum atomic E-state index is -0.500. The summed E-state index contributed by atoms with van der Waals surface area (Å²) in [6.45, 7) is 12.5. The highest BCUT2D eigenvalue weighted by molar-refractivity contribution is 6.13. The normalized spacial score (nSPS) is 19.1. The van der Waals surface area contributed by atoms with Gasteiger partial charge in [-0.2, -0.15) is 0 Å². The fourth-order valence-corrected chi connectivity index (χ4v) is 5.48. The van der Waals surface area contributed by atoms with Crippen molar-refractivity contribution in [2.45, 2.75) is 52.7 Å². The molecule has 5 rings (SSSR count). The second kappa shape index (κ2) is 8.88. The second-order valence-electron chi connectivity index (χ2n) is 9.67. The lowest BCUT2D eigenvalue weighted by Gasteiger charge is -2.47. The molecule has 9 heteroatoms. The van der Waals surface area contributed by atoms with Crippen molar-refractivity contribution in [1.29, 1.82) is 0 Å². The summed E-state index contributed by atoms with van der Waals surface area (Å²) in [4.78, 5) is 31.4. The molecule has 1 amide bonds. The van der Waals surface area contributed by atoms with Gasteiger partial charge in [0.25, 0.3) is 5.91 Å². The number of hydrogen-bond donors (Lipinski definition) is 1. The number of pyridine rings is 1. The predicted molar refractivity (Wildman–Crippen MR) is 135 cm³/mol. The van der Waals surface area contributed by atoms with E-state index in [1.54, 1.807) is 42.2 Å². The largest absolute Gasteiger partial charge is 0.367 e. The van der Waals surface area contributed by atoms with Crippen molar-refractivity contribution in [3.05, 3.63) is 60.1 Å². The number of carbonyl (C=O) groups excluding carboxylic acids is 1. The molecule has 182 valence electrons. The summed E-state index contributed by atoms with van der Waals surface area (Å²) in [5.74, 6) is -0.872. The van der Waals surface area contributed by atoms with Gasteiger partial charge in [-0.15, -0.1) is 0 Å². The third-order valence-corrected chi connectivity index (χ3v) is 6.66. The Morgan fingerprint density at radius 1 is 1.09 bits per heavy atom. The Hall–Kier alpha value is -3.59. The smallest absolute Gasteiger partial charge is 0.257 e. The Bertz CT molecular complexity index is 1400. The number of aromatic nitrogens is 4. The zero-order valence-electron chi connectivity index (χ0n) is 20.7. The van der Waals surface area contributed by atoms with Crippen molar-refractivity contribution in [2.24, 2.45) is 0 Å². The van der Waals surface area contributed by atoms with Crippen molar-refractivity contribution in [2.75, 3.05) is 23.3 Å². The van der Waals surface area contributed by atoms with Crippen LogP contribution in [-0.4, -0.2) is 61.4 Å². The number of rotatable bonds is 4. The van der Waals surface area contributed by atoms with E-state index in [1.165, 1.54) is 6.07 Å².